The number of fused-ring (bicyclic) bond motifs is 1. The molecular weight excluding hydrogens is 424 g/mol. The van der Waals surface area contributed by atoms with Crippen LogP contribution in [0.4, 0.5) is 0 Å². The molecule has 1 aromatic heterocycles. The van der Waals surface area contributed by atoms with Crippen LogP contribution in [0.5, 0.6) is 0 Å². The number of carbonyl (C=O) groups is 1. The number of hydrogen-bond donors (Lipinski definition) is 1. The molecule has 1 aliphatic heterocycles. The van der Waals surface area contributed by atoms with Gasteiger partial charge in [-0.1, -0.05) is 17.7 Å². The largest absolute Gasteiger partial charge is 0.355 e. The Morgan fingerprint density at radius 3 is 2.73 bits per heavy atom. The van der Waals surface area contributed by atoms with Crippen molar-refractivity contribution in [3.05, 3.63) is 59.2 Å². The van der Waals surface area contributed by atoms with Crippen LogP contribution in [-0.2, 0) is 28.4 Å². The molecule has 0 bridgehead atoms. The van der Waals surface area contributed by atoms with Crippen molar-refractivity contribution >= 4 is 38.4 Å². The van der Waals surface area contributed by atoms with Crippen LogP contribution in [0.25, 0.3) is 10.9 Å². The van der Waals surface area contributed by atoms with Gasteiger partial charge in [0, 0.05) is 30.5 Å². The van der Waals surface area contributed by atoms with Crippen molar-refractivity contribution in [2.24, 2.45) is 7.05 Å². The Labute approximate surface area is 180 Å². The van der Waals surface area contributed by atoms with Crippen LogP contribution < -0.4 is 5.32 Å². The zero-order chi connectivity index (χ0) is 21.3. The Hall–Kier alpha value is -2.42. The molecule has 0 aliphatic carbocycles. The fourth-order valence-electron chi connectivity index (χ4n) is 3.79. The first-order valence-electron chi connectivity index (χ1n) is 9.82. The average Bonchev–Trinajstić information content (AvgIpc) is 2.95. The molecule has 3 aromatic rings. The van der Waals surface area contributed by atoms with Crippen LogP contribution in [0.3, 0.4) is 0 Å². The van der Waals surface area contributed by atoms with E-state index in [0.717, 1.165) is 29.3 Å². The summed E-state index contributed by atoms with van der Waals surface area (Å²) in [6.07, 6.45) is 3.83. The minimum atomic E-state index is -3.92. The molecule has 1 atom stereocenters. The molecule has 0 radical (unpaired) electrons. The van der Waals surface area contributed by atoms with Gasteiger partial charge in [0.05, 0.1) is 16.6 Å². The summed E-state index contributed by atoms with van der Waals surface area (Å²) in [6.45, 7) is 0.652. The first kappa shape index (κ1) is 20.8. The number of amides is 1. The van der Waals surface area contributed by atoms with Crippen LogP contribution in [-0.4, -0.2) is 41.0 Å². The highest BCUT2D eigenvalue weighted by Gasteiger charge is 2.36. The van der Waals surface area contributed by atoms with E-state index in [1.54, 1.807) is 23.0 Å². The topological polar surface area (TPSA) is 84.3 Å². The monoisotopic (exact) mass is 446 g/mol. The van der Waals surface area contributed by atoms with Gasteiger partial charge in [0.15, 0.2) is 0 Å². The first-order chi connectivity index (χ1) is 14.4. The number of aryl methyl sites for hydroxylation is 1. The highest BCUT2D eigenvalue weighted by Crippen LogP contribution is 2.27. The second-order valence-corrected chi connectivity index (χ2v) is 9.80. The molecule has 30 heavy (non-hydrogen) atoms. The molecule has 0 saturated carbocycles. The third kappa shape index (κ3) is 4.08. The summed E-state index contributed by atoms with van der Waals surface area (Å²) in [5, 5.41) is 8.46. The van der Waals surface area contributed by atoms with Gasteiger partial charge < -0.3 is 5.32 Å². The van der Waals surface area contributed by atoms with Gasteiger partial charge in [-0.05, 0) is 61.2 Å². The van der Waals surface area contributed by atoms with Crippen molar-refractivity contribution < 1.29 is 13.2 Å². The molecule has 7 nitrogen and oxygen atoms in total. The molecule has 0 unspecified atom stereocenters. The van der Waals surface area contributed by atoms with Gasteiger partial charge in [0.25, 0.3) is 0 Å². The Balaban J connectivity index is 1.75. The summed E-state index contributed by atoms with van der Waals surface area (Å²) in [4.78, 5) is 12.9. The van der Waals surface area contributed by atoms with E-state index in [2.05, 4.69) is 10.4 Å². The number of rotatable bonds is 5. The van der Waals surface area contributed by atoms with Gasteiger partial charge >= 0.3 is 0 Å². The average molecular weight is 447 g/mol. The van der Waals surface area contributed by atoms with Gasteiger partial charge in [0.1, 0.15) is 6.04 Å². The SMILES string of the molecule is Cn1ncc2cc(CN([C@@H]3CCCCNC3=O)S(=O)(=O)c3ccc(Cl)cc3)ccc21. The normalized spacial score (nSPS) is 17.8. The number of aromatic nitrogens is 2. The Morgan fingerprint density at radius 1 is 1.20 bits per heavy atom. The second-order valence-electron chi connectivity index (χ2n) is 7.47. The van der Waals surface area contributed by atoms with Gasteiger partial charge in [0.2, 0.25) is 15.9 Å². The first-order valence-corrected chi connectivity index (χ1v) is 11.6. The van der Waals surface area contributed by atoms with Crippen molar-refractivity contribution in [2.45, 2.75) is 36.7 Å². The van der Waals surface area contributed by atoms with Crippen LogP contribution >= 0.6 is 11.6 Å². The minimum absolute atomic E-state index is 0.0912. The smallest absolute Gasteiger partial charge is 0.244 e. The molecule has 1 aliphatic rings. The van der Waals surface area contributed by atoms with Crippen LogP contribution in [0, 0.1) is 0 Å². The number of nitrogens with zero attached hydrogens (tertiary/aromatic N) is 3. The summed E-state index contributed by atoms with van der Waals surface area (Å²) in [5.41, 5.74) is 1.75. The third-order valence-corrected chi connectivity index (χ3v) is 7.54. The summed E-state index contributed by atoms with van der Waals surface area (Å²) in [5.74, 6) is -0.257. The van der Waals surface area contributed by atoms with E-state index in [-0.39, 0.29) is 17.3 Å². The zero-order valence-electron chi connectivity index (χ0n) is 16.6. The van der Waals surface area contributed by atoms with E-state index >= 15 is 0 Å². The van der Waals surface area contributed by atoms with Gasteiger partial charge in [-0.15, -0.1) is 0 Å². The van der Waals surface area contributed by atoms with E-state index in [1.165, 1.54) is 16.4 Å². The Bertz CT molecular complexity index is 1170. The maximum absolute atomic E-state index is 13.6. The van der Waals surface area contributed by atoms with Crippen molar-refractivity contribution in [1.29, 1.82) is 0 Å². The highest BCUT2D eigenvalue weighted by molar-refractivity contribution is 7.89. The van der Waals surface area contributed by atoms with E-state index in [1.807, 2.05) is 25.2 Å². The van der Waals surface area contributed by atoms with Crippen LogP contribution in [0.1, 0.15) is 24.8 Å². The van der Waals surface area contributed by atoms with Gasteiger partial charge in [-0.3, -0.25) is 9.48 Å². The molecule has 2 heterocycles. The van der Waals surface area contributed by atoms with E-state index in [9.17, 15) is 13.2 Å². The Kier molecular flexibility index (Phi) is 5.81. The van der Waals surface area contributed by atoms with E-state index in [0.29, 0.717) is 18.0 Å². The minimum Gasteiger partial charge on any atom is -0.355 e. The molecule has 1 amide bonds. The maximum Gasteiger partial charge on any atom is 0.244 e. The molecule has 1 N–H and O–H groups in total. The van der Waals surface area contributed by atoms with E-state index < -0.39 is 16.1 Å². The fourth-order valence-corrected chi connectivity index (χ4v) is 5.53. The molecule has 9 heteroatoms. The summed E-state index contributed by atoms with van der Waals surface area (Å²) >= 11 is 5.94. The maximum atomic E-state index is 13.6. The van der Waals surface area contributed by atoms with Crippen molar-refractivity contribution in [2.75, 3.05) is 6.54 Å². The number of benzene rings is 2. The summed E-state index contributed by atoms with van der Waals surface area (Å²) < 4.78 is 30.2. The number of nitrogens with one attached hydrogen (secondary N) is 1. The molecule has 0 spiro atoms. The zero-order valence-corrected chi connectivity index (χ0v) is 18.2. The van der Waals surface area contributed by atoms with Crippen molar-refractivity contribution in [3.63, 3.8) is 0 Å². The molecule has 4 rings (SSSR count). The lowest BCUT2D eigenvalue weighted by Crippen LogP contribution is -2.48. The van der Waals surface area contributed by atoms with Crippen molar-refractivity contribution in [3.8, 4) is 0 Å². The predicted molar refractivity (Wildman–Crippen MR) is 116 cm³/mol. The standard InChI is InChI=1S/C21H23ClN4O3S/c1-25-19-10-5-15(12-16(19)13-24-25)14-26(20-4-2-3-11-23-21(20)27)30(28,29)18-8-6-17(22)7-9-18/h5-10,12-13,20H,2-4,11,14H2,1H3,(H,23,27)/t20-/m1/s1. The quantitative estimate of drug-likeness (QED) is 0.652. The lowest BCUT2D eigenvalue weighted by molar-refractivity contribution is -0.124. The third-order valence-electron chi connectivity index (χ3n) is 5.42. The molecule has 2 aromatic carbocycles. The summed E-state index contributed by atoms with van der Waals surface area (Å²) in [7, 11) is -2.06. The molecule has 158 valence electrons. The lowest BCUT2D eigenvalue weighted by Gasteiger charge is -2.29. The fraction of sp³-hybridized carbons (Fsp3) is 0.333. The number of halogens is 1. The lowest BCUT2D eigenvalue weighted by atomic mass is 10.1. The highest BCUT2D eigenvalue weighted by atomic mass is 35.5. The summed E-state index contributed by atoms with van der Waals surface area (Å²) in [6, 6.07) is 11.0. The van der Waals surface area contributed by atoms with Gasteiger partial charge in [-0.2, -0.15) is 9.40 Å². The van der Waals surface area contributed by atoms with Crippen molar-refractivity contribution in [1.82, 2.24) is 19.4 Å². The van der Waals surface area contributed by atoms with Crippen LogP contribution in [0.15, 0.2) is 53.6 Å². The molecular formula is C21H23ClN4O3S. The second kappa shape index (κ2) is 8.37. The Morgan fingerprint density at radius 2 is 1.97 bits per heavy atom. The number of sulfonamides is 1. The number of hydrogen-bond acceptors (Lipinski definition) is 4. The number of carbonyl (C=O) groups excluding carboxylic acids is 1. The van der Waals surface area contributed by atoms with Crippen LogP contribution in [0.2, 0.25) is 5.02 Å². The molecule has 1 fully saturated rings. The van der Waals surface area contributed by atoms with Gasteiger partial charge in [-0.25, -0.2) is 8.42 Å². The van der Waals surface area contributed by atoms with E-state index in [4.69, 9.17) is 11.6 Å². The molecule has 1 saturated heterocycles. The predicted octanol–water partition coefficient (Wildman–Crippen LogP) is 3.09.